The molecule has 0 aromatic heterocycles. The molecule has 3 rings (SSSR count). The Bertz CT molecular complexity index is 949. The molecule has 0 aliphatic carbocycles. The first kappa shape index (κ1) is 19.1. The maximum absolute atomic E-state index is 12.5. The van der Waals surface area contributed by atoms with E-state index in [2.05, 4.69) is 0 Å². The highest BCUT2D eigenvalue weighted by Crippen LogP contribution is 2.31. The fraction of sp³-hybridized carbons (Fsp3) is 0.0952. The van der Waals surface area contributed by atoms with Crippen molar-refractivity contribution in [3.63, 3.8) is 0 Å². The first-order valence-corrected chi connectivity index (χ1v) is 9.41. The van der Waals surface area contributed by atoms with Gasteiger partial charge in [-0.3, -0.25) is 19.3 Å². The van der Waals surface area contributed by atoms with Gasteiger partial charge in [0, 0.05) is 10.6 Å². The van der Waals surface area contributed by atoms with E-state index in [9.17, 15) is 14.4 Å². The number of halogens is 1. The smallest absolute Gasteiger partial charge is 0.292 e. The fourth-order valence-corrected chi connectivity index (χ4v) is 3.58. The molecule has 0 spiro atoms. The van der Waals surface area contributed by atoms with Gasteiger partial charge in [-0.2, -0.15) is 0 Å². The summed E-state index contributed by atoms with van der Waals surface area (Å²) in [5.74, 6) is -0.764. The molecule has 0 bridgehead atoms. The van der Waals surface area contributed by atoms with Crippen LogP contribution in [0.25, 0.3) is 6.08 Å². The average Bonchev–Trinajstić information content (AvgIpc) is 2.90. The Hall–Kier alpha value is -2.63. The lowest BCUT2D eigenvalue weighted by Crippen LogP contribution is -2.33. The number of allylic oxidation sites excluding steroid dienone is 2. The van der Waals surface area contributed by atoms with Crippen LogP contribution in [0.15, 0.2) is 71.2 Å². The van der Waals surface area contributed by atoms with Crippen molar-refractivity contribution < 1.29 is 14.4 Å². The topological polar surface area (TPSA) is 54.5 Å². The maximum Gasteiger partial charge on any atom is 0.293 e. The summed E-state index contributed by atoms with van der Waals surface area (Å²) in [4.78, 5) is 38.4. The number of ketones is 1. The second-order valence-electron chi connectivity index (χ2n) is 6.00. The van der Waals surface area contributed by atoms with Crippen LogP contribution in [0, 0.1) is 0 Å². The van der Waals surface area contributed by atoms with Gasteiger partial charge in [-0.05, 0) is 60.2 Å². The number of amides is 2. The molecule has 0 saturated carbocycles. The third-order valence-corrected chi connectivity index (χ3v) is 5.05. The van der Waals surface area contributed by atoms with Crippen LogP contribution < -0.4 is 0 Å². The van der Waals surface area contributed by atoms with Crippen LogP contribution in [0.5, 0.6) is 0 Å². The minimum Gasteiger partial charge on any atom is -0.292 e. The molecular weight excluding hydrogens is 382 g/mol. The molecule has 0 N–H and O–H groups in total. The van der Waals surface area contributed by atoms with Gasteiger partial charge in [0.15, 0.2) is 5.78 Å². The lowest BCUT2D eigenvalue weighted by atomic mass is 10.1. The molecule has 136 valence electrons. The van der Waals surface area contributed by atoms with E-state index in [1.807, 2.05) is 43.3 Å². The lowest BCUT2D eigenvalue weighted by molar-refractivity contribution is -0.122. The quantitative estimate of drug-likeness (QED) is 0.513. The number of imide groups is 1. The Labute approximate surface area is 166 Å². The van der Waals surface area contributed by atoms with E-state index in [0.717, 1.165) is 27.8 Å². The number of hydrogen-bond donors (Lipinski definition) is 0. The van der Waals surface area contributed by atoms with E-state index in [-0.39, 0.29) is 12.3 Å². The number of carbonyl (C=O) groups is 3. The third kappa shape index (κ3) is 4.76. The predicted molar refractivity (Wildman–Crippen MR) is 109 cm³/mol. The highest BCUT2D eigenvalue weighted by Gasteiger charge is 2.36. The SMILES string of the molecule is CC(=C\c1ccccc1)/C=C1/SC(=O)N(CC(=O)c2ccc(Cl)cc2)C1=O. The number of nitrogens with zero attached hydrogens (tertiary/aromatic N) is 1. The second kappa shape index (κ2) is 8.37. The molecule has 2 amide bonds. The predicted octanol–water partition coefficient (Wildman–Crippen LogP) is 5.21. The molecule has 0 unspecified atom stereocenters. The van der Waals surface area contributed by atoms with Gasteiger partial charge in [-0.15, -0.1) is 0 Å². The normalized spacial score (nSPS) is 16.3. The number of hydrogen-bond acceptors (Lipinski definition) is 4. The van der Waals surface area contributed by atoms with Gasteiger partial charge < -0.3 is 0 Å². The van der Waals surface area contributed by atoms with Gasteiger partial charge in [-0.1, -0.05) is 48.0 Å². The highest BCUT2D eigenvalue weighted by atomic mass is 35.5. The largest absolute Gasteiger partial charge is 0.293 e. The van der Waals surface area contributed by atoms with Crippen LogP contribution >= 0.6 is 23.4 Å². The molecule has 4 nitrogen and oxygen atoms in total. The second-order valence-corrected chi connectivity index (χ2v) is 7.43. The third-order valence-electron chi connectivity index (χ3n) is 3.89. The van der Waals surface area contributed by atoms with E-state index in [1.165, 1.54) is 0 Å². The minimum absolute atomic E-state index is 0.287. The molecular formula is C21H16ClNO3S. The average molecular weight is 398 g/mol. The van der Waals surface area contributed by atoms with Crippen molar-refractivity contribution in [3.05, 3.63) is 87.3 Å². The van der Waals surface area contributed by atoms with Gasteiger partial charge in [-0.25, -0.2) is 0 Å². The van der Waals surface area contributed by atoms with Crippen LogP contribution in [0.3, 0.4) is 0 Å². The van der Waals surface area contributed by atoms with Crippen molar-refractivity contribution in [3.8, 4) is 0 Å². The molecule has 6 heteroatoms. The van der Waals surface area contributed by atoms with E-state index in [1.54, 1.807) is 30.3 Å². The van der Waals surface area contributed by atoms with Crippen molar-refractivity contribution in [1.82, 2.24) is 4.90 Å². The van der Waals surface area contributed by atoms with Crippen molar-refractivity contribution in [2.45, 2.75) is 6.92 Å². The van der Waals surface area contributed by atoms with Crippen molar-refractivity contribution in [2.24, 2.45) is 0 Å². The molecule has 1 saturated heterocycles. The van der Waals surface area contributed by atoms with Crippen LogP contribution in [0.1, 0.15) is 22.8 Å². The summed E-state index contributed by atoms with van der Waals surface area (Å²) in [6.07, 6.45) is 3.59. The van der Waals surface area contributed by atoms with Gasteiger partial charge in [0.25, 0.3) is 11.1 Å². The molecule has 1 aliphatic heterocycles. The minimum atomic E-state index is -0.451. The Morgan fingerprint density at radius 3 is 2.41 bits per heavy atom. The fourth-order valence-electron chi connectivity index (χ4n) is 2.57. The van der Waals surface area contributed by atoms with Gasteiger partial charge in [0.2, 0.25) is 0 Å². The van der Waals surface area contributed by atoms with E-state index >= 15 is 0 Å². The molecule has 1 fully saturated rings. The van der Waals surface area contributed by atoms with E-state index in [4.69, 9.17) is 11.6 Å². The zero-order chi connectivity index (χ0) is 19.4. The number of Topliss-reactive ketones (excluding diaryl/α,β-unsaturated/α-hetero) is 1. The first-order valence-electron chi connectivity index (χ1n) is 8.21. The summed E-state index contributed by atoms with van der Waals surface area (Å²) < 4.78 is 0. The van der Waals surface area contributed by atoms with Crippen molar-refractivity contribution in [2.75, 3.05) is 6.54 Å². The molecule has 0 atom stereocenters. The number of rotatable bonds is 5. The molecule has 2 aromatic rings. The zero-order valence-corrected chi connectivity index (χ0v) is 16.1. The molecule has 0 radical (unpaired) electrons. The van der Waals surface area contributed by atoms with Crippen molar-refractivity contribution in [1.29, 1.82) is 0 Å². The van der Waals surface area contributed by atoms with Crippen LogP contribution in [0.4, 0.5) is 4.79 Å². The first-order chi connectivity index (χ1) is 12.9. The van der Waals surface area contributed by atoms with Gasteiger partial charge in [0.05, 0.1) is 11.4 Å². The molecule has 27 heavy (non-hydrogen) atoms. The number of carbonyl (C=O) groups excluding carboxylic acids is 3. The Balaban J connectivity index is 1.73. The van der Waals surface area contributed by atoms with Gasteiger partial charge in [0.1, 0.15) is 0 Å². The maximum atomic E-state index is 12.5. The van der Waals surface area contributed by atoms with Gasteiger partial charge >= 0.3 is 0 Å². The summed E-state index contributed by atoms with van der Waals surface area (Å²) in [6.45, 7) is 1.57. The van der Waals surface area contributed by atoms with Crippen LogP contribution in [-0.2, 0) is 4.79 Å². The molecule has 1 aliphatic rings. The summed E-state index contributed by atoms with van der Waals surface area (Å²) in [7, 11) is 0. The Morgan fingerprint density at radius 1 is 1.07 bits per heavy atom. The highest BCUT2D eigenvalue weighted by molar-refractivity contribution is 8.18. The van der Waals surface area contributed by atoms with E-state index in [0.29, 0.717) is 15.5 Å². The standard InChI is InChI=1S/C21H16ClNO3S/c1-14(11-15-5-3-2-4-6-15)12-19-20(25)23(21(26)27-19)13-18(24)16-7-9-17(22)10-8-16/h2-12H,13H2,1H3/b14-11+,19-12+. The zero-order valence-electron chi connectivity index (χ0n) is 14.5. The summed E-state index contributed by atoms with van der Waals surface area (Å²) in [5.41, 5.74) is 2.25. The lowest BCUT2D eigenvalue weighted by Gasteiger charge is -2.11. The Morgan fingerprint density at radius 2 is 1.74 bits per heavy atom. The monoisotopic (exact) mass is 397 g/mol. The van der Waals surface area contributed by atoms with E-state index < -0.39 is 11.1 Å². The summed E-state index contributed by atoms with van der Waals surface area (Å²) in [6, 6.07) is 16.0. The molecule has 1 heterocycles. The molecule has 2 aromatic carbocycles. The Kier molecular flexibility index (Phi) is 5.94. The van der Waals surface area contributed by atoms with Crippen LogP contribution in [-0.4, -0.2) is 28.4 Å². The van der Waals surface area contributed by atoms with Crippen molar-refractivity contribution >= 4 is 46.4 Å². The van der Waals surface area contributed by atoms with Crippen LogP contribution in [0.2, 0.25) is 5.02 Å². The summed E-state index contributed by atoms with van der Waals surface area (Å²) >= 11 is 6.66. The number of benzene rings is 2. The summed E-state index contributed by atoms with van der Waals surface area (Å²) in [5, 5.41) is 0.0717. The number of thioether (sulfide) groups is 1.